The van der Waals surface area contributed by atoms with E-state index in [1.165, 1.54) is 58.0 Å². The van der Waals surface area contributed by atoms with Crippen LogP contribution in [0, 0.1) is 5.92 Å². The van der Waals surface area contributed by atoms with Gasteiger partial charge < -0.3 is 5.73 Å². The smallest absolute Gasteiger partial charge is 0.0357 e. The summed E-state index contributed by atoms with van der Waals surface area (Å²) in [7, 11) is 2.34. The molecule has 2 heterocycles. The van der Waals surface area contributed by atoms with E-state index in [-0.39, 0.29) is 0 Å². The number of likely N-dealkylation sites (tertiary alicyclic amines) is 1. The molecule has 2 saturated heterocycles. The fraction of sp³-hybridized carbons (Fsp3) is 1.00. The lowest BCUT2D eigenvalue weighted by molar-refractivity contribution is 0.00749. The number of hydrogen-bond acceptors (Lipinski definition) is 3. The maximum atomic E-state index is 6.29. The molecule has 3 heteroatoms. The summed E-state index contributed by atoms with van der Waals surface area (Å²) in [6.45, 7) is 5.83. The number of nitrogens with zero attached hydrogens (tertiary/aromatic N) is 2. The molecule has 1 saturated carbocycles. The molecular weight excluding hydrogens is 234 g/mol. The van der Waals surface area contributed by atoms with Crippen LogP contribution in [0.15, 0.2) is 0 Å². The minimum atomic E-state index is 0.309. The van der Waals surface area contributed by atoms with E-state index in [1.807, 2.05) is 0 Å². The fourth-order valence-corrected chi connectivity index (χ4v) is 5.01. The molecule has 0 amide bonds. The zero-order chi connectivity index (χ0) is 13.5. The average Bonchev–Trinajstić information content (AvgIpc) is 2.65. The van der Waals surface area contributed by atoms with E-state index in [0.29, 0.717) is 5.54 Å². The molecule has 2 aliphatic heterocycles. The van der Waals surface area contributed by atoms with Crippen LogP contribution < -0.4 is 5.73 Å². The number of nitrogens with two attached hydrogens (primary N) is 1. The van der Waals surface area contributed by atoms with Gasteiger partial charge in [0.1, 0.15) is 0 Å². The normalized spacial score (nSPS) is 45.3. The highest BCUT2D eigenvalue weighted by molar-refractivity contribution is 5.02. The Kier molecular flexibility index (Phi) is 3.89. The van der Waals surface area contributed by atoms with Gasteiger partial charge in [0.15, 0.2) is 0 Å². The van der Waals surface area contributed by atoms with Crippen molar-refractivity contribution in [1.29, 1.82) is 0 Å². The first-order chi connectivity index (χ1) is 9.17. The lowest BCUT2D eigenvalue weighted by Gasteiger charge is -2.51. The van der Waals surface area contributed by atoms with Gasteiger partial charge in [-0.15, -0.1) is 0 Å². The lowest BCUT2D eigenvalue weighted by atomic mass is 9.72. The Bertz CT molecular complexity index is 319. The van der Waals surface area contributed by atoms with Gasteiger partial charge in [0.25, 0.3) is 0 Å². The second-order valence-electron chi connectivity index (χ2n) is 7.24. The summed E-state index contributed by atoms with van der Waals surface area (Å²) in [5.74, 6) is 0.771. The molecule has 0 aromatic rings. The van der Waals surface area contributed by atoms with Gasteiger partial charge in [-0.2, -0.15) is 0 Å². The highest BCUT2D eigenvalue weighted by Gasteiger charge is 2.45. The van der Waals surface area contributed by atoms with Crippen LogP contribution in [0.4, 0.5) is 0 Å². The van der Waals surface area contributed by atoms with Crippen molar-refractivity contribution in [2.45, 2.75) is 69.5 Å². The van der Waals surface area contributed by atoms with E-state index in [4.69, 9.17) is 5.73 Å². The molecular formula is C16H31N3. The van der Waals surface area contributed by atoms with Crippen molar-refractivity contribution in [3.8, 4) is 0 Å². The first-order valence-corrected chi connectivity index (χ1v) is 8.34. The summed E-state index contributed by atoms with van der Waals surface area (Å²) in [4.78, 5) is 5.45. The van der Waals surface area contributed by atoms with Gasteiger partial charge in [0, 0.05) is 37.3 Å². The van der Waals surface area contributed by atoms with Gasteiger partial charge in [-0.25, -0.2) is 0 Å². The first-order valence-electron chi connectivity index (χ1n) is 8.34. The number of likely N-dealkylation sites (N-methyl/N-ethyl adjacent to an activating group) is 1. The molecule has 3 aliphatic rings. The van der Waals surface area contributed by atoms with Gasteiger partial charge in [-0.1, -0.05) is 19.8 Å². The Balaban J connectivity index is 1.80. The van der Waals surface area contributed by atoms with Crippen LogP contribution in [0.1, 0.15) is 51.9 Å². The van der Waals surface area contributed by atoms with Gasteiger partial charge >= 0.3 is 0 Å². The molecule has 0 aromatic carbocycles. The van der Waals surface area contributed by atoms with Crippen molar-refractivity contribution in [1.82, 2.24) is 9.80 Å². The number of fused-ring (bicyclic) bond motifs is 2. The second-order valence-corrected chi connectivity index (χ2v) is 7.24. The van der Waals surface area contributed by atoms with Crippen LogP contribution in [-0.2, 0) is 0 Å². The summed E-state index contributed by atoms with van der Waals surface area (Å²) in [5, 5.41) is 0. The van der Waals surface area contributed by atoms with Crippen molar-refractivity contribution in [2.24, 2.45) is 11.7 Å². The Morgan fingerprint density at radius 3 is 2.63 bits per heavy atom. The zero-order valence-electron chi connectivity index (χ0n) is 12.8. The highest BCUT2D eigenvalue weighted by Crippen LogP contribution is 2.40. The standard InChI is InChI=1S/C16H31N3/c1-13-5-3-4-9-16(13,12-17)19-10-8-14-6-7-15(11-19)18(14)2/h13-15H,3-12,17H2,1-2H3. The molecule has 3 nitrogen and oxygen atoms in total. The Labute approximate surface area is 118 Å². The molecule has 19 heavy (non-hydrogen) atoms. The highest BCUT2D eigenvalue weighted by atomic mass is 15.3. The summed E-state index contributed by atoms with van der Waals surface area (Å²) in [5.41, 5.74) is 6.60. The van der Waals surface area contributed by atoms with Crippen molar-refractivity contribution < 1.29 is 0 Å². The molecule has 0 spiro atoms. The third-order valence-corrected chi connectivity index (χ3v) is 6.55. The lowest BCUT2D eigenvalue weighted by Crippen LogP contribution is -2.61. The van der Waals surface area contributed by atoms with E-state index < -0.39 is 0 Å². The van der Waals surface area contributed by atoms with E-state index in [0.717, 1.165) is 24.5 Å². The van der Waals surface area contributed by atoms with E-state index >= 15 is 0 Å². The summed E-state index contributed by atoms with van der Waals surface area (Å²) in [6.07, 6.45) is 9.64. The second kappa shape index (κ2) is 5.34. The van der Waals surface area contributed by atoms with Crippen molar-refractivity contribution in [2.75, 3.05) is 26.7 Å². The van der Waals surface area contributed by atoms with Crippen LogP contribution in [0.25, 0.3) is 0 Å². The minimum absolute atomic E-state index is 0.309. The van der Waals surface area contributed by atoms with Crippen LogP contribution >= 0.6 is 0 Å². The maximum absolute atomic E-state index is 6.29. The summed E-state index contributed by atoms with van der Waals surface area (Å²) in [6, 6.07) is 1.62. The number of rotatable bonds is 2. The SMILES string of the molecule is CC1CCCCC1(CN)N1CCC2CCC(C1)N2C. The molecule has 4 atom stereocenters. The van der Waals surface area contributed by atoms with Gasteiger partial charge in [-0.3, -0.25) is 9.80 Å². The molecule has 2 N–H and O–H groups in total. The van der Waals surface area contributed by atoms with Crippen LogP contribution in [0.2, 0.25) is 0 Å². The molecule has 4 unspecified atom stereocenters. The van der Waals surface area contributed by atoms with E-state index in [1.54, 1.807) is 0 Å². The van der Waals surface area contributed by atoms with E-state index in [9.17, 15) is 0 Å². The number of hydrogen-bond donors (Lipinski definition) is 1. The van der Waals surface area contributed by atoms with Gasteiger partial charge in [0.2, 0.25) is 0 Å². The average molecular weight is 265 g/mol. The molecule has 110 valence electrons. The third-order valence-electron chi connectivity index (χ3n) is 6.55. The van der Waals surface area contributed by atoms with Crippen LogP contribution in [0.5, 0.6) is 0 Å². The predicted molar refractivity (Wildman–Crippen MR) is 80.2 cm³/mol. The zero-order valence-corrected chi connectivity index (χ0v) is 12.8. The predicted octanol–water partition coefficient (Wildman–Crippen LogP) is 2.06. The molecule has 2 bridgehead atoms. The van der Waals surface area contributed by atoms with Gasteiger partial charge in [0.05, 0.1) is 0 Å². The van der Waals surface area contributed by atoms with Crippen molar-refractivity contribution in [3.63, 3.8) is 0 Å². The van der Waals surface area contributed by atoms with Crippen LogP contribution in [-0.4, -0.2) is 54.1 Å². The minimum Gasteiger partial charge on any atom is -0.329 e. The quantitative estimate of drug-likeness (QED) is 0.829. The molecule has 3 rings (SSSR count). The van der Waals surface area contributed by atoms with Crippen LogP contribution in [0.3, 0.4) is 0 Å². The molecule has 0 radical (unpaired) electrons. The molecule has 0 aromatic heterocycles. The topological polar surface area (TPSA) is 32.5 Å². The van der Waals surface area contributed by atoms with Gasteiger partial charge in [-0.05, 0) is 45.1 Å². The van der Waals surface area contributed by atoms with E-state index in [2.05, 4.69) is 23.8 Å². The monoisotopic (exact) mass is 265 g/mol. The Morgan fingerprint density at radius 1 is 1.11 bits per heavy atom. The largest absolute Gasteiger partial charge is 0.329 e. The Hall–Kier alpha value is -0.120. The van der Waals surface area contributed by atoms with Crippen molar-refractivity contribution >= 4 is 0 Å². The van der Waals surface area contributed by atoms with Crippen molar-refractivity contribution in [3.05, 3.63) is 0 Å². The fourth-order valence-electron chi connectivity index (χ4n) is 5.01. The molecule has 3 fully saturated rings. The third kappa shape index (κ3) is 2.24. The summed E-state index contributed by atoms with van der Waals surface area (Å²) < 4.78 is 0. The maximum Gasteiger partial charge on any atom is 0.0357 e. The summed E-state index contributed by atoms with van der Waals surface area (Å²) >= 11 is 0. The first kappa shape index (κ1) is 13.8. The Morgan fingerprint density at radius 2 is 1.89 bits per heavy atom. The molecule has 1 aliphatic carbocycles.